The standard InChI is InChI=1S/C12H10Cl2N2O2S/c13-9-4-1-3-8(12(9)14)7-10-11(19(15,17)18)5-2-6-16-10/h1-6H,7H2,(H2,15,17,18). The smallest absolute Gasteiger partial charge is 0.239 e. The van der Waals surface area contributed by atoms with Crippen LogP contribution in [0.25, 0.3) is 0 Å². The number of aromatic nitrogens is 1. The van der Waals surface area contributed by atoms with Crippen LogP contribution in [-0.2, 0) is 16.4 Å². The van der Waals surface area contributed by atoms with Gasteiger partial charge in [0.15, 0.2) is 0 Å². The number of nitrogens with zero attached hydrogens (tertiary/aromatic N) is 1. The summed E-state index contributed by atoms with van der Waals surface area (Å²) < 4.78 is 22.9. The normalized spacial score (nSPS) is 11.5. The van der Waals surface area contributed by atoms with E-state index < -0.39 is 10.0 Å². The zero-order chi connectivity index (χ0) is 14.0. The molecule has 1 aromatic heterocycles. The Balaban J connectivity index is 2.48. The van der Waals surface area contributed by atoms with E-state index in [1.807, 2.05) is 0 Å². The molecule has 0 aliphatic carbocycles. The van der Waals surface area contributed by atoms with Crippen molar-refractivity contribution in [3.8, 4) is 0 Å². The Kier molecular flexibility index (Phi) is 4.10. The van der Waals surface area contributed by atoms with Gasteiger partial charge in [0, 0.05) is 12.6 Å². The van der Waals surface area contributed by atoms with Gasteiger partial charge in [-0.2, -0.15) is 0 Å². The van der Waals surface area contributed by atoms with Gasteiger partial charge in [0.25, 0.3) is 0 Å². The maximum absolute atomic E-state index is 11.5. The summed E-state index contributed by atoms with van der Waals surface area (Å²) in [5.41, 5.74) is 1.03. The van der Waals surface area contributed by atoms with Gasteiger partial charge in [-0.25, -0.2) is 13.6 Å². The average molecular weight is 317 g/mol. The molecule has 0 aliphatic rings. The molecule has 0 radical (unpaired) electrons. The van der Waals surface area contributed by atoms with Gasteiger partial charge in [-0.05, 0) is 23.8 Å². The van der Waals surface area contributed by atoms with Crippen molar-refractivity contribution < 1.29 is 8.42 Å². The molecule has 0 aliphatic heterocycles. The number of benzene rings is 1. The first-order valence-corrected chi connectivity index (χ1v) is 7.59. The maximum atomic E-state index is 11.5. The quantitative estimate of drug-likeness (QED) is 0.946. The number of nitrogens with two attached hydrogens (primary N) is 1. The second-order valence-corrected chi connectivity index (χ2v) is 6.20. The molecule has 0 saturated heterocycles. The first kappa shape index (κ1) is 14.3. The summed E-state index contributed by atoms with van der Waals surface area (Å²) >= 11 is 12.0. The van der Waals surface area contributed by atoms with Crippen LogP contribution in [0.2, 0.25) is 10.0 Å². The summed E-state index contributed by atoms with van der Waals surface area (Å²) in [4.78, 5) is 4.04. The number of primary sulfonamides is 1. The second-order valence-electron chi connectivity index (χ2n) is 3.88. The minimum absolute atomic E-state index is 0.00829. The lowest BCUT2D eigenvalue weighted by atomic mass is 10.1. The Bertz CT molecular complexity index is 717. The first-order chi connectivity index (χ1) is 8.89. The van der Waals surface area contributed by atoms with E-state index in [1.165, 1.54) is 18.3 Å². The van der Waals surface area contributed by atoms with Crippen molar-refractivity contribution >= 4 is 33.2 Å². The molecule has 2 N–H and O–H groups in total. The van der Waals surface area contributed by atoms with Crippen molar-refractivity contribution in [2.45, 2.75) is 11.3 Å². The molecule has 100 valence electrons. The number of sulfonamides is 1. The lowest BCUT2D eigenvalue weighted by molar-refractivity contribution is 0.596. The molecule has 0 fully saturated rings. The van der Waals surface area contributed by atoms with Crippen LogP contribution in [-0.4, -0.2) is 13.4 Å². The van der Waals surface area contributed by atoms with Crippen LogP contribution in [0, 0.1) is 0 Å². The van der Waals surface area contributed by atoms with Crippen LogP contribution >= 0.6 is 23.2 Å². The molecular formula is C12H10Cl2N2O2S. The SMILES string of the molecule is NS(=O)(=O)c1cccnc1Cc1cccc(Cl)c1Cl. The van der Waals surface area contributed by atoms with Gasteiger partial charge < -0.3 is 0 Å². The van der Waals surface area contributed by atoms with Crippen molar-refractivity contribution in [3.05, 3.63) is 57.8 Å². The monoisotopic (exact) mass is 316 g/mol. The highest BCUT2D eigenvalue weighted by molar-refractivity contribution is 7.89. The number of hydrogen-bond donors (Lipinski definition) is 1. The third-order valence-corrected chi connectivity index (χ3v) is 4.39. The molecule has 0 amide bonds. The number of hydrogen-bond acceptors (Lipinski definition) is 3. The Morgan fingerprint density at radius 3 is 2.58 bits per heavy atom. The highest BCUT2D eigenvalue weighted by atomic mass is 35.5. The van der Waals surface area contributed by atoms with Gasteiger partial charge in [-0.1, -0.05) is 35.3 Å². The summed E-state index contributed by atoms with van der Waals surface area (Å²) in [7, 11) is -3.82. The van der Waals surface area contributed by atoms with Crippen molar-refractivity contribution in [3.63, 3.8) is 0 Å². The van der Waals surface area contributed by atoms with E-state index in [2.05, 4.69) is 4.98 Å². The van der Waals surface area contributed by atoms with E-state index in [9.17, 15) is 8.42 Å². The van der Waals surface area contributed by atoms with Gasteiger partial charge in [0.05, 0.1) is 15.7 Å². The minimum Gasteiger partial charge on any atom is -0.260 e. The number of pyridine rings is 1. The first-order valence-electron chi connectivity index (χ1n) is 5.29. The highest BCUT2D eigenvalue weighted by Gasteiger charge is 2.16. The molecule has 0 saturated carbocycles. The zero-order valence-electron chi connectivity index (χ0n) is 9.68. The van der Waals surface area contributed by atoms with E-state index in [-0.39, 0.29) is 11.3 Å². The summed E-state index contributed by atoms with van der Waals surface area (Å²) in [6.45, 7) is 0. The predicted octanol–water partition coefficient (Wildman–Crippen LogP) is 2.63. The third kappa shape index (κ3) is 3.25. The van der Waals surface area contributed by atoms with E-state index in [1.54, 1.807) is 18.2 Å². The lowest BCUT2D eigenvalue weighted by Crippen LogP contribution is -2.15. The van der Waals surface area contributed by atoms with Crippen molar-refractivity contribution in [1.82, 2.24) is 4.98 Å². The number of rotatable bonds is 3. The molecule has 2 rings (SSSR count). The summed E-state index contributed by atoms with van der Waals surface area (Å²) in [5, 5.41) is 5.95. The number of halogens is 2. The van der Waals surface area contributed by atoms with E-state index in [4.69, 9.17) is 28.3 Å². The summed E-state index contributed by atoms with van der Waals surface area (Å²) in [6.07, 6.45) is 1.74. The molecule has 2 aromatic rings. The summed E-state index contributed by atoms with van der Waals surface area (Å²) in [6, 6.07) is 8.09. The highest BCUT2D eigenvalue weighted by Crippen LogP contribution is 2.28. The fourth-order valence-corrected chi connectivity index (χ4v) is 2.79. The van der Waals surface area contributed by atoms with Crippen molar-refractivity contribution in [2.24, 2.45) is 5.14 Å². The van der Waals surface area contributed by atoms with Gasteiger partial charge in [0.1, 0.15) is 4.90 Å². The van der Waals surface area contributed by atoms with E-state index in [0.717, 1.165) is 0 Å². The molecule has 0 unspecified atom stereocenters. The Hall–Kier alpha value is -1.14. The average Bonchev–Trinajstić information content (AvgIpc) is 2.34. The fraction of sp³-hybridized carbons (Fsp3) is 0.0833. The van der Waals surface area contributed by atoms with E-state index in [0.29, 0.717) is 21.3 Å². The van der Waals surface area contributed by atoms with Crippen molar-refractivity contribution in [1.29, 1.82) is 0 Å². The molecule has 1 heterocycles. The molecule has 0 spiro atoms. The summed E-state index contributed by atoms with van der Waals surface area (Å²) in [5.74, 6) is 0. The van der Waals surface area contributed by atoms with Crippen LogP contribution < -0.4 is 5.14 Å². The van der Waals surface area contributed by atoms with Crippen LogP contribution in [0.3, 0.4) is 0 Å². The maximum Gasteiger partial charge on any atom is 0.239 e. The zero-order valence-corrected chi connectivity index (χ0v) is 12.0. The van der Waals surface area contributed by atoms with E-state index >= 15 is 0 Å². The topological polar surface area (TPSA) is 73.1 Å². The molecule has 4 nitrogen and oxygen atoms in total. The molecule has 0 bridgehead atoms. The largest absolute Gasteiger partial charge is 0.260 e. The Morgan fingerprint density at radius 2 is 1.89 bits per heavy atom. The predicted molar refractivity (Wildman–Crippen MR) is 74.9 cm³/mol. The molecule has 1 aromatic carbocycles. The molecule has 19 heavy (non-hydrogen) atoms. The van der Waals surface area contributed by atoms with Crippen LogP contribution in [0.4, 0.5) is 0 Å². The van der Waals surface area contributed by atoms with Gasteiger partial charge in [0.2, 0.25) is 10.0 Å². The lowest BCUT2D eigenvalue weighted by Gasteiger charge is -2.08. The van der Waals surface area contributed by atoms with Crippen LogP contribution in [0.15, 0.2) is 41.4 Å². The van der Waals surface area contributed by atoms with Crippen LogP contribution in [0.1, 0.15) is 11.3 Å². The molecule has 0 atom stereocenters. The second kappa shape index (κ2) is 5.46. The van der Waals surface area contributed by atoms with Gasteiger partial charge in [-0.3, -0.25) is 4.98 Å². The fourth-order valence-electron chi connectivity index (χ4n) is 1.68. The third-order valence-electron chi connectivity index (χ3n) is 2.54. The Labute approximate surface area is 121 Å². The van der Waals surface area contributed by atoms with Crippen LogP contribution in [0.5, 0.6) is 0 Å². The molecule has 7 heteroatoms. The molecular weight excluding hydrogens is 307 g/mol. The minimum atomic E-state index is -3.82. The van der Waals surface area contributed by atoms with Gasteiger partial charge >= 0.3 is 0 Å². The van der Waals surface area contributed by atoms with Crippen molar-refractivity contribution in [2.75, 3.05) is 0 Å². The van der Waals surface area contributed by atoms with Gasteiger partial charge in [-0.15, -0.1) is 0 Å². The Morgan fingerprint density at radius 1 is 1.16 bits per heavy atom.